The van der Waals surface area contributed by atoms with E-state index in [2.05, 4.69) is 11.4 Å². The average Bonchev–Trinajstić information content (AvgIpc) is 3.17. The van der Waals surface area contributed by atoms with Gasteiger partial charge in [0.15, 0.2) is 6.29 Å². The molecule has 5 N–H and O–H groups in total. The molecule has 3 atom stereocenters. The number of benzene rings is 4. The van der Waals surface area contributed by atoms with Crippen molar-refractivity contribution in [3.05, 3.63) is 125 Å². The van der Waals surface area contributed by atoms with Crippen LogP contribution in [-0.2, 0) is 32.2 Å². The van der Waals surface area contributed by atoms with Crippen LogP contribution in [0.4, 0.5) is 0 Å². The zero-order valence-electron chi connectivity index (χ0n) is 28.3. The number of aliphatic hydroxyl groups is 1. The maximum Gasteiger partial charge on any atom is 0.336 e. The molecule has 1 aliphatic heterocycles. The summed E-state index contributed by atoms with van der Waals surface area (Å²) >= 11 is 1.46. The van der Waals surface area contributed by atoms with Crippen LogP contribution in [0.15, 0.2) is 102 Å². The Morgan fingerprint density at radius 1 is 0.745 bits per heavy atom. The van der Waals surface area contributed by atoms with Crippen molar-refractivity contribution in [3.63, 3.8) is 0 Å². The largest absolute Gasteiger partial charge is 0.478 e. The van der Waals surface area contributed by atoms with Crippen molar-refractivity contribution in [1.29, 1.82) is 0 Å². The van der Waals surface area contributed by atoms with Gasteiger partial charge in [-0.2, -0.15) is 0 Å². The maximum atomic E-state index is 12.4. The number of aromatic carboxylic acids is 1. The Kier molecular flexibility index (Phi) is 14.2. The summed E-state index contributed by atoms with van der Waals surface area (Å²) in [7, 11) is 0. The van der Waals surface area contributed by atoms with Gasteiger partial charge < -0.3 is 25.0 Å². The standard InChI is InChI=1S/C40H44N2O8S/c43-25-27-14-16-30(17-15-27)35-23-33(26-51-36-11-6-5-10-34(36)39(46)47)49-40(50-35)31-20-18-29(19-21-31)32-9-7-8-28(22-32)24-41-37(44)12-3-1-2-4-13-38(45)42-48/h5-11,14-22,33,35,40,43,48H,1-4,12-13,23-26H2,(H,41,44)(H,42,45)(H,46,47)/t33-,35+,40+/m1/s1. The lowest BCUT2D eigenvalue weighted by Crippen LogP contribution is -2.31. The third-order valence-corrected chi connectivity index (χ3v) is 9.98. The van der Waals surface area contributed by atoms with Gasteiger partial charge in [-0.3, -0.25) is 14.8 Å². The molecule has 1 heterocycles. The number of carbonyl (C=O) groups excluding carboxylic acids is 2. The molecule has 0 saturated carbocycles. The highest BCUT2D eigenvalue weighted by Crippen LogP contribution is 2.40. The summed E-state index contributed by atoms with van der Waals surface area (Å²) in [4.78, 5) is 35.9. The molecule has 0 radical (unpaired) electrons. The van der Waals surface area contributed by atoms with E-state index >= 15 is 0 Å². The second kappa shape index (κ2) is 19.2. The highest BCUT2D eigenvalue weighted by Gasteiger charge is 2.32. The van der Waals surface area contributed by atoms with Gasteiger partial charge >= 0.3 is 5.97 Å². The number of ether oxygens (including phenoxy) is 2. The predicted molar refractivity (Wildman–Crippen MR) is 194 cm³/mol. The second-order valence-corrected chi connectivity index (χ2v) is 13.6. The molecule has 0 bridgehead atoms. The highest BCUT2D eigenvalue weighted by molar-refractivity contribution is 7.99. The quantitative estimate of drug-likeness (QED) is 0.0327. The van der Waals surface area contributed by atoms with Gasteiger partial charge in [0.2, 0.25) is 11.8 Å². The molecule has 4 aromatic rings. The number of amides is 2. The molecule has 1 saturated heterocycles. The molecular formula is C40H44N2O8S. The molecule has 0 aliphatic carbocycles. The van der Waals surface area contributed by atoms with Gasteiger partial charge in [-0.25, -0.2) is 10.3 Å². The van der Waals surface area contributed by atoms with Crippen LogP contribution >= 0.6 is 11.8 Å². The normalized spacial score (nSPS) is 17.1. The molecule has 4 aromatic carbocycles. The van der Waals surface area contributed by atoms with E-state index in [1.807, 2.05) is 78.9 Å². The Balaban J connectivity index is 1.20. The van der Waals surface area contributed by atoms with E-state index < -0.39 is 18.2 Å². The molecule has 0 spiro atoms. The number of hydroxylamine groups is 1. The number of hydrogen-bond donors (Lipinski definition) is 5. The first-order chi connectivity index (χ1) is 24.8. The van der Waals surface area contributed by atoms with Gasteiger partial charge in [-0.05, 0) is 58.9 Å². The van der Waals surface area contributed by atoms with Crippen molar-refractivity contribution in [3.8, 4) is 11.1 Å². The fourth-order valence-electron chi connectivity index (χ4n) is 5.94. The molecule has 1 fully saturated rings. The Bertz CT molecular complexity index is 1750. The molecule has 10 nitrogen and oxygen atoms in total. The Labute approximate surface area is 302 Å². The van der Waals surface area contributed by atoms with Crippen molar-refractivity contribution < 1.29 is 39.3 Å². The van der Waals surface area contributed by atoms with Crippen LogP contribution in [0.1, 0.15) is 90.0 Å². The van der Waals surface area contributed by atoms with Gasteiger partial charge in [0.1, 0.15) is 0 Å². The van der Waals surface area contributed by atoms with E-state index in [9.17, 15) is 24.6 Å². The van der Waals surface area contributed by atoms with Crippen LogP contribution < -0.4 is 10.8 Å². The summed E-state index contributed by atoms with van der Waals surface area (Å²) in [5.74, 6) is -0.830. The van der Waals surface area contributed by atoms with E-state index in [4.69, 9.17) is 14.7 Å². The number of nitrogens with one attached hydrogen (secondary N) is 2. The van der Waals surface area contributed by atoms with Gasteiger partial charge in [0, 0.05) is 42.0 Å². The lowest BCUT2D eigenvalue weighted by molar-refractivity contribution is -0.245. The van der Waals surface area contributed by atoms with Gasteiger partial charge in [0.05, 0.1) is 24.4 Å². The van der Waals surface area contributed by atoms with E-state index in [0.717, 1.165) is 52.6 Å². The predicted octanol–water partition coefficient (Wildman–Crippen LogP) is 7.34. The topological polar surface area (TPSA) is 154 Å². The molecule has 2 amide bonds. The number of rotatable bonds is 17. The zero-order chi connectivity index (χ0) is 36.0. The van der Waals surface area contributed by atoms with Crippen molar-refractivity contribution in [1.82, 2.24) is 10.8 Å². The molecule has 0 aromatic heterocycles. The number of thioether (sulfide) groups is 1. The van der Waals surface area contributed by atoms with Crippen LogP contribution in [0.2, 0.25) is 0 Å². The first kappa shape index (κ1) is 37.7. The maximum absolute atomic E-state index is 12.4. The van der Waals surface area contributed by atoms with Crippen molar-refractivity contribution in [2.45, 2.75) is 81.5 Å². The third kappa shape index (κ3) is 11.2. The Morgan fingerprint density at radius 3 is 2.16 bits per heavy atom. The van der Waals surface area contributed by atoms with Gasteiger partial charge in [0.25, 0.3) is 0 Å². The van der Waals surface area contributed by atoms with E-state index in [1.165, 1.54) is 11.8 Å². The number of carbonyl (C=O) groups is 3. The van der Waals surface area contributed by atoms with Crippen LogP contribution in [0.3, 0.4) is 0 Å². The number of aliphatic hydroxyl groups excluding tert-OH is 1. The fourth-order valence-corrected chi connectivity index (χ4v) is 7.00. The molecule has 0 unspecified atom stereocenters. The van der Waals surface area contributed by atoms with E-state index in [0.29, 0.717) is 36.5 Å². The van der Waals surface area contributed by atoms with Crippen molar-refractivity contribution in [2.75, 3.05) is 5.75 Å². The SMILES string of the molecule is O=C(CCCCCCC(=O)NCc1cccc(-c2ccc([C@H]3O[C@@H](CSc4ccccc4C(=O)O)C[C@@H](c4ccc(CO)cc4)O3)cc2)c1)NO. The van der Waals surface area contributed by atoms with Crippen LogP contribution in [-0.4, -0.2) is 45.1 Å². The number of carboxylic acid groups (broad SMARTS) is 1. The average molecular weight is 713 g/mol. The van der Waals surface area contributed by atoms with Gasteiger partial charge in [-0.1, -0.05) is 91.7 Å². The molecule has 51 heavy (non-hydrogen) atoms. The second-order valence-electron chi connectivity index (χ2n) is 12.5. The van der Waals surface area contributed by atoms with Crippen LogP contribution in [0.25, 0.3) is 11.1 Å². The van der Waals surface area contributed by atoms with Gasteiger partial charge in [-0.15, -0.1) is 11.8 Å². The summed E-state index contributed by atoms with van der Waals surface area (Å²) in [6.07, 6.45) is 3.24. The molecule has 268 valence electrons. The first-order valence-electron chi connectivity index (χ1n) is 17.2. The van der Waals surface area contributed by atoms with Crippen molar-refractivity contribution >= 4 is 29.5 Å². The third-order valence-electron chi connectivity index (χ3n) is 8.77. The number of carboxylic acids is 1. The monoisotopic (exact) mass is 712 g/mol. The summed E-state index contributed by atoms with van der Waals surface area (Å²) < 4.78 is 13.0. The van der Waals surface area contributed by atoms with Crippen molar-refractivity contribution in [2.24, 2.45) is 0 Å². The van der Waals surface area contributed by atoms with Crippen LogP contribution in [0.5, 0.6) is 0 Å². The molecule has 11 heteroatoms. The summed E-state index contributed by atoms with van der Waals surface area (Å²) in [6, 6.07) is 30.7. The van der Waals surface area contributed by atoms with E-state index in [1.54, 1.807) is 17.6 Å². The number of unbranched alkanes of at least 4 members (excludes halogenated alkanes) is 3. The lowest BCUT2D eigenvalue weighted by atomic mass is 9.99. The number of hydrogen-bond acceptors (Lipinski definition) is 8. The lowest BCUT2D eigenvalue weighted by Gasteiger charge is -2.36. The zero-order valence-corrected chi connectivity index (χ0v) is 29.1. The fraction of sp³-hybridized carbons (Fsp3) is 0.325. The molecule has 5 rings (SSSR count). The van der Waals surface area contributed by atoms with E-state index in [-0.39, 0.29) is 36.7 Å². The first-order valence-corrected chi connectivity index (χ1v) is 18.2. The minimum Gasteiger partial charge on any atom is -0.478 e. The van der Waals surface area contributed by atoms with Crippen LogP contribution in [0, 0.1) is 0 Å². The smallest absolute Gasteiger partial charge is 0.336 e. The summed E-state index contributed by atoms with van der Waals surface area (Å²) in [5.41, 5.74) is 7.55. The summed E-state index contributed by atoms with van der Waals surface area (Å²) in [6.45, 7) is 0.379. The minimum atomic E-state index is -0.964. The Hall–Kier alpha value is -4.52. The Morgan fingerprint density at radius 2 is 1.45 bits per heavy atom. The molecular weight excluding hydrogens is 669 g/mol. The molecule has 1 aliphatic rings. The highest BCUT2D eigenvalue weighted by atomic mass is 32.2. The summed E-state index contributed by atoms with van der Waals surface area (Å²) in [5, 5.41) is 30.7. The minimum absolute atomic E-state index is 0.0178.